The number of hydrogen-bond donors (Lipinski definition) is 1. The maximum Gasteiger partial charge on any atom is 0.159 e. The van der Waals surface area contributed by atoms with Gasteiger partial charge < -0.3 is 5.73 Å². The zero-order valence-corrected chi connectivity index (χ0v) is 6.82. The summed E-state index contributed by atoms with van der Waals surface area (Å²) in [7, 11) is 0. The van der Waals surface area contributed by atoms with E-state index in [2.05, 4.69) is 4.99 Å². The number of benzene rings is 1. The molecule has 0 bridgehead atoms. The van der Waals surface area contributed by atoms with Crippen LogP contribution >= 0.6 is 0 Å². The van der Waals surface area contributed by atoms with E-state index < -0.39 is 0 Å². The summed E-state index contributed by atoms with van der Waals surface area (Å²) in [5, 5.41) is 0. The van der Waals surface area contributed by atoms with Crippen LogP contribution in [0.4, 0.5) is 5.69 Å². The van der Waals surface area contributed by atoms with E-state index in [0.717, 1.165) is 0 Å². The van der Waals surface area contributed by atoms with Crippen LogP contribution in [0.15, 0.2) is 29.3 Å². The smallest absolute Gasteiger partial charge is 0.159 e. The van der Waals surface area contributed by atoms with Crippen molar-refractivity contribution in [2.24, 2.45) is 10.7 Å². The van der Waals surface area contributed by atoms with Crippen LogP contribution in [0.25, 0.3) is 0 Å². The largest absolute Gasteiger partial charge is 0.390 e. The van der Waals surface area contributed by atoms with Crippen molar-refractivity contribution < 1.29 is 4.79 Å². The molecular formula is C9H10N2O. The summed E-state index contributed by atoms with van der Waals surface area (Å²) in [5.41, 5.74) is 6.46. The Morgan fingerprint density at radius 3 is 2.92 bits per heavy atom. The lowest BCUT2D eigenvalue weighted by atomic mass is 10.1. The van der Waals surface area contributed by atoms with Gasteiger partial charge in [-0.3, -0.25) is 4.79 Å². The number of rotatable bonds is 2. The Morgan fingerprint density at radius 1 is 1.58 bits per heavy atom. The molecule has 0 atom stereocenters. The molecule has 0 aliphatic heterocycles. The lowest BCUT2D eigenvalue weighted by Crippen LogP contribution is -1.91. The van der Waals surface area contributed by atoms with Crippen LogP contribution < -0.4 is 5.73 Å². The Labute approximate surface area is 70.9 Å². The minimum Gasteiger partial charge on any atom is -0.390 e. The Balaban J connectivity index is 3.03. The zero-order chi connectivity index (χ0) is 8.97. The molecule has 0 radical (unpaired) electrons. The van der Waals surface area contributed by atoms with Crippen molar-refractivity contribution in [3.05, 3.63) is 29.8 Å². The van der Waals surface area contributed by atoms with Crippen molar-refractivity contribution in [2.45, 2.75) is 6.92 Å². The van der Waals surface area contributed by atoms with Gasteiger partial charge in [-0.05, 0) is 19.1 Å². The highest BCUT2D eigenvalue weighted by molar-refractivity contribution is 5.94. The predicted octanol–water partition coefficient (Wildman–Crippen LogP) is 1.51. The van der Waals surface area contributed by atoms with E-state index in [0.29, 0.717) is 11.3 Å². The van der Waals surface area contributed by atoms with Crippen LogP contribution in [0.2, 0.25) is 0 Å². The van der Waals surface area contributed by atoms with E-state index in [1.54, 1.807) is 24.3 Å². The Kier molecular flexibility index (Phi) is 2.58. The van der Waals surface area contributed by atoms with Crippen LogP contribution in [0.5, 0.6) is 0 Å². The number of ketones is 1. The number of nitrogens with two attached hydrogens (primary N) is 1. The lowest BCUT2D eigenvalue weighted by molar-refractivity contribution is 0.101. The van der Waals surface area contributed by atoms with Crippen molar-refractivity contribution in [3.63, 3.8) is 0 Å². The van der Waals surface area contributed by atoms with E-state index in [1.807, 2.05) is 0 Å². The fourth-order valence-electron chi connectivity index (χ4n) is 0.891. The molecule has 0 aromatic heterocycles. The van der Waals surface area contributed by atoms with Crippen molar-refractivity contribution in [1.29, 1.82) is 0 Å². The Morgan fingerprint density at radius 2 is 2.33 bits per heavy atom. The average Bonchev–Trinajstić information content (AvgIpc) is 2.05. The molecule has 12 heavy (non-hydrogen) atoms. The van der Waals surface area contributed by atoms with E-state index >= 15 is 0 Å². The van der Waals surface area contributed by atoms with Crippen molar-refractivity contribution >= 4 is 17.8 Å². The summed E-state index contributed by atoms with van der Waals surface area (Å²) in [6.07, 6.45) is 1.21. The second-order valence-corrected chi connectivity index (χ2v) is 2.38. The fraction of sp³-hybridized carbons (Fsp3) is 0.111. The number of carbonyl (C=O) groups is 1. The van der Waals surface area contributed by atoms with Crippen LogP contribution in [-0.2, 0) is 0 Å². The summed E-state index contributed by atoms with van der Waals surface area (Å²) < 4.78 is 0. The van der Waals surface area contributed by atoms with E-state index in [4.69, 9.17) is 5.73 Å². The summed E-state index contributed by atoms with van der Waals surface area (Å²) in [5.74, 6) is 0.0315. The molecular weight excluding hydrogens is 152 g/mol. The average molecular weight is 162 g/mol. The first-order valence-corrected chi connectivity index (χ1v) is 3.59. The molecule has 3 nitrogen and oxygen atoms in total. The van der Waals surface area contributed by atoms with Gasteiger partial charge in [-0.15, -0.1) is 0 Å². The third kappa shape index (κ3) is 1.92. The fourth-order valence-corrected chi connectivity index (χ4v) is 0.891. The summed E-state index contributed by atoms with van der Waals surface area (Å²) in [6.45, 7) is 1.52. The Hall–Kier alpha value is -1.64. The maximum absolute atomic E-state index is 10.9. The van der Waals surface area contributed by atoms with Gasteiger partial charge in [0.25, 0.3) is 0 Å². The van der Waals surface area contributed by atoms with Crippen LogP contribution in [-0.4, -0.2) is 12.1 Å². The van der Waals surface area contributed by atoms with E-state index in [9.17, 15) is 4.79 Å². The van der Waals surface area contributed by atoms with E-state index in [1.165, 1.54) is 13.3 Å². The molecule has 2 N–H and O–H groups in total. The molecule has 1 aromatic rings. The Bertz CT molecular complexity index is 318. The van der Waals surface area contributed by atoms with Gasteiger partial charge in [0.15, 0.2) is 5.78 Å². The molecule has 1 rings (SSSR count). The van der Waals surface area contributed by atoms with Gasteiger partial charge in [0.1, 0.15) is 0 Å². The molecule has 0 aliphatic rings. The van der Waals surface area contributed by atoms with Crippen LogP contribution in [0, 0.1) is 0 Å². The number of nitrogens with zero attached hydrogens (tertiary/aromatic N) is 1. The monoisotopic (exact) mass is 162 g/mol. The molecule has 0 saturated heterocycles. The van der Waals surface area contributed by atoms with Crippen LogP contribution in [0.1, 0.15) is 17.3 Å². The number of aliphatic imine (C=N–C) groups is 1. The van der Waals surface area contributed by atoms with Crippen molar-refractivity contribution in [3.8, 4) is 0 Å². The minimum atomic E-state index is 0.0315. The van der Waals surface area contributed by atoms with Gasteiger partial charge in [-0.25, -0.2) is 4.99 Å². The van der Waals surface area contributed by atoms with Crippen LogP contribution in [0.3, 0.4) is 0 Å². The zero-order valence-electron chi connectivity index (χ0n) is 6.82. The SMILES string of the molecule is CC(=O)c1cccc(N=CN)c1. The van der Waals surface area contributed by atoms with Gasteiger partial charge >= 0.3 is 0 Å². The highest BCUT2D eigenvalue weighted by Gasteiger charge is 1.97. The molecule has 0 unspecified atom stereocenters. The first-order chi connectivity index (χ1) is 5.74. The number of Topliss-reactive ketones (excluding diaryl/α,β-unsaturated/α-hetero) is 1. The number of carbonyl (C=O) groups excluding carboxylic acids is 1. The quantitative estimate of drug-likeness (QED) is 0.407. The first-order valence-electron chi connectivity index (χ1n) is 3.59. The highest BCUT2D eigenvalue weighted by Crippen LogP contribution is 2.13. The normalized spacial score (nSPS) is 10.4. The molecule has 1 aromatic carbocycles. The first kappa shape index (κ1) is 8.46. The molecule has 0 saturated carbocycles. The lowest BCUT2D eigenvalue weighted by Gasteiger charge is -1.95. The van der Waals surface area contributed by atoms with Gasteiger partial charge in [-0.1, -0.05) is 12.1 Å². The standard InChI is InChI=1S/C9H10N2O/c1-7(12)8-3-2-4-9(5-8)11-6-10/h2-6H,1H3,(H2,10,11). The van der Waals surface area contributed by atoms with Crippen molar-refractivity contribution in [1.82, 2.24) is 0 Å². The molecule has 62 valence electrons. The highest BCUT2D eigenvalue weighted by atomic mass is 16.1. The predicted molar refractivity (Wildman–Crippen MR) is 48.8 cm³/mol. The minimum absolute atomic E-state index is 0.0315. The van der Waals surface area contributed by atoms with E-state index in [-0.39, 0.29) is 5.78 Å². The second kappa shape index (κ2) is 3.67. The summed E-state index contributed by atoms with van der Waals surface area (Å²) >= 11 is 0. The summed E-state index contributed by atoms with van der Waals surface area (Å²) in [6, 6.07) is 7.01. The summed E-state index contributed by atoms with van der Waals surface area (Å²) in [4.78, 5) is 14.8. The van der Waals surface area contributed by atoms with Gasteiger partial charge in [0.2, 0.25) is 0 Å². The molecule has 0 fully saturated rings. The van der Waals surface area contributed by atoms with Gasteiger partial charge in [-0.2, -0.15) is 0 Å². The third-order valence-electron chi connectivity index (χ3n) is 1.48. The number of hydrogen-bond acceptors (Lipinski definition) is 2. The van der Waals surface area contributed by atoms with Crippen molar-refractivity contribution in [2.75, 3.05) is 0 Å². The molecule has 0 aliphatic carbocycles. The van der Waals surface area contributed by atoms with Gasteiger partial charge in [0.05, 0.1) is 12.0 Å². The molecule has 0 spiro atoms. The maximum atomic E-state index is 10.9. The second-order valence-electron chi connectivity index (χ2n) is 2.38. The molecule has 3 heteroatoms. The third-order valence-corrected chi connectivity index (χ3v) is 1.48. The molecule has 0 heterocycles. The van der Waals surface area contributed by atoms with Gasteiger partial charge in [0, 0.05) is 5.56 Å². The topological polar surface area (TPSA) is 55.5 Å². The molecule has 0 amide bonds.